The molecule has 0 unspecified atom stereocenters. The van der Waals surface area contributed by atoms with E-state index in [1.807, 2.05) is 10.9 Å². The normalized spacial score (nSPS) is 14.9. The Labute approximate surface area is 160 Å². The van der Waals surface area contributed by atoms with Crippen molar-refractivity contribution in [1.82, 2.24) is 20.1 Å². The van der Waals surface area contributed by atoms with Gasteiger partial charge in [0.25, 0.3) is 0 Å². The Morgan fingerprint density at radius 3 is 3.07 bits per heavy atom. The summed E-state index contributed by atoms with van der Waals surface area (Å²) in [5.74, 6) is 0.0959. The lowest BCUT2D eigenvalue weighted by Crippen LogP contribution is -2.34. The average molecular weight is 364 g/mol. The lowest BCUT2D eigenvalue weighted by molar-refractivity contribution is -0.121. The molecule has 0 aliphatic heterocycles. The Bertz CT molecular complexity index is 953. The Hall–Kier alpha value is -2.56. The third kappa shape index (κ3) is 3.77. The van der Waals surface area contributed by atoms with Crippen molar-refractivity contribution >= 4 is 16.8 Å². The predicted molar refractivity (Wildman–Crippen MR) is 108 cm³/mol. The summed E-state index contributed by atoms with van der Waals surface area (Å²) in [6.07, 6.45) is 10.0. The molecular weight excluding hydrogens is 336 g/mol. The monoisotopic (exact) mass is 364 g/mol. The summed E-state index contributed by atoms with van der Waals surface area (Å²) in [7, 11) is 0. The molecule has 142 valence electrons. The van der Waals surface area contributed by atoms with Crippen LogP contribution in [0.5, 0.6) is 0 Å². The lowest BCUT2D eigenvalue weighted by Gasteiger charge is -2.16. The van der Waals surface area contributed by atoms with Gasteiger partial charge in [0.05, 0.1) is 6.20 Å². The van der Waals surface area contributed by atoms with Gasteiger partial charge < -0.3 is 10.3 Å². The maximum atomic E-state index is 12.4. The number of para-hydroxylation sites is 1. The number of hydrogen-bond acceptors (Lipinski definition) is 2. The molecule has 0 saturated carbocycles. The molecule has 1 amide bonds. The van der Waals surface area contributed by atoms with Crippen LogP contribution in [0.1, 0.15) is 48.6 Å². The molecule has 27 heavy (non-hydrogen) atoms. The summed E-state index contributed by atoms with van der Waals surface area (Å²) >= 11 is 0. The van der Waals surface area contributed by atoms with Gasteiger partial charge in [-0.2, -0.15) is 5.10 Å². The third-order valence-electron chi connectivity index (χ3n) is 5.64. The van der Waals surface area contributed by atoms with E-state index in [9.17, 15) is 4.79 Å². The number of nitrogens with zero attached hydrogens (tertiary/aromatic N) is 2. The number of aromatic amines is 1. The molecule has 4 rings (SSSR count). The van der Waals surface area contributed by atoms with Crippen molar-refractivity contribution in [3.8, 4) is 0 Å². The quantitative estimate of drug-likeness (QED) is 0.701. The van der Waals surface area contributed by atoms with E-state index >= 15 is 0 Å². The minimum atomic E-state index is 0.0959. The van der Waals surface area contributed by atoms with Crippen molar-refractivity contribution in [2.24, 2.45) is 0 Å². The van der Waals surface area contributed by atoms with Crippen LogP contribution in [-0.2, 0) is 30.6 Å². The van der Waals surface area contributed by atoms with Gasteiger partial charge in [0.2, 0.25) is 5.91 Å². The number of benzene rings is 1. The number of hydrogen-bond donors (Lipinski definition) is 2. The molecule has 2 aromatic heterocycles. The van der Waals surface area contributed by atoms with E-state index in [1.165, 1.54) is 46.1 Å². The van der Waals surface area contributed by atoms with Crippen molar-refractivity contribution in [3.05, 3.63) is 53.0 Å². The summed E-state index contributed by atoms with van der Waals surface area (Å²) in [5, 5.41) is 8.88. The van der Waals surface area contributed by atoms with E-state index in [0.717, 1.165) is 19.3 Å². The van der Waals surface area contributed by atoms with Gasteiger partial charge in [0.15, 0.2) is 0 Å². The fourth-order valence-corrected chi connectivity index (χ4v) is 4.22. The highest BCUT2D eigenvalue weighted by molar-refractivity contribution is 5.86. The van der Waals surface area contributed by atoms with Gasteiger partial charge in [0, 0.05) is 41.8 Å². The summed E-state index contributed by atoms with van der Waals surface area (Å²) in [6.45, 7) is 4.85. The van der Waals surface area contributed by atoms with Crippen molar-refractivity contribution in [3.63, 3.8) is 0 Å². The van der Waals surface area contributed by atoms with E-state index in [0.29, 0.717) is 13.0 Å². The maximum absolute atomic E-state index is 12.4. The number of amides is 1. The van der Waals surface area contributed by atoms with Gasteiger partial charge in [-0.25, -0.2) is 0 Å². The van der Waals surface area contributed by atoms with Crippen molar-refractivity contribution < 1.29 is 4.79 Å². The Morgan fingerprint density at radius 2 is 2.19 bits per heavy atom. The van der Waals surface area contributed by atoms with Crippen LogP contribution in [0.4, 0.5) is 0 Å². The fourth-order valence-electron chi connectivity index (χ4n) is 4.22. The second kappa shape index (κ2) is 7.59. The molecular formula is C22H28N4O. The van der Waals surface area contributed by atoms with E-state index in [-0.39, 0.29) is 11.9 Å². The summed E-state index contributed by atoms with van der Waals surface area (Å²) in [5.41, 5.74) is 6.39. The number of aromatic nitrogens is 3. The van der Waals surface area contributed by atoms with Crippen LogP contribution in [0.25, 0.3) is 10.9 Å². The van der Waals surface area contributed by atoms with Gasteiger partial charge in [-0.05, 0) is 62.6 Å². The second-order valence-electron chi connectivity index (χ2n) is 7.78. The van der Waals surface area contributed by atoms with Crippen LogP contribution in [0.2, 0.25) is 0 Å². The maximum Gasteiger partial charge on any atom is 0.222 e. The van der Waals surface area contributed by atoms with Crippen LogP contribution >= 0.6 is 0 Å². The molecule has 5 nitrogen and oxygen atoms in total. The summed E-state index contributed by atoms with van der Waals surface area (Å²) in [6, 6.07) is 6.44. The van der Waals surface area contributed by atoms with Gasteiger partial charge in [-0.15, -0.1) is 0 Å². The molecule has 1 aromatic carbocycles. The van der Waals surface area contributed by atoms with Crippen LogP contribution in [-0.4, -0.2) is 26.7 Å². The van der Waals surface area contributed by atoms with Gasteiger partial charge in [-0.3, -0.25) is 9.48 Å². The first kappa shape index (κ1) is 17.8. The van der Waals surface area contributed by atoms with Crippen molar-refractivity contribution in [2.45, 2.75) is 65.0 Å². The van der Waals surface area contributed by atoms with E-state index in [4.69, 9.17) is 0 Å². The van der Waals surface area contributed by atoms with Crippen LogP contribution < -0.4 is 5.32 Å². The molecule has 1 aliphatic rings. The summed E-state index contributed by atoms with van der Waals surface area (Å²) in [4.78, 5) is 15.8. The average Bonchev–Trinajstić information content (AvgIpc) is 3.25. The Kier molecular flexibility index (Phi) is 5.01. The minimum Gasteiger partial charge on any atom is -0.361 e. The molecule has 1 aliphatic carbocycles. The molecule has 5 heteroatoms. The smallest absolute Gasteiger partial charge is 0.222 e. The Balaban J connectivity index is 1.32. The molecule has 1 atom stereocenters. The van der Waals surface area contributed by atoms with Crippen molar-refractivity contribution in [2.75, 3.05) is 0 Å². The van der Waals surface area contributed by atoms with Crippen LogP contribution in [0, 0.1) is 6.92 Å². The second-order valence-corrected chi connectivity index (χ2v) is 7.78. The molecule has 0 fully saturated rings. The number of carbonyl (C=O) groups excluding carboxylic acids is 1. The zero-order valence-electron chi connectivity index (χ0n) is 16.2. The largest absolute Gasteiger partial charge is 0.361 e. The lowest BCUT2D eigenvalue weighted by atomic mass is 9.98. The minimum absolute atomic E-state index is 0.0959. The highest BCUT2D eigenvalue weighted by Crippen LogP contribution is 2.23. The molecule has 2 heterocycles. The molecule has 2 N–H and O–H groups in total. The van der Waals surface area contributed by atoms with E-state index in [1.54, 1.807) is 0 Å². The molecule has 0 bridgehead atoms. The number of nitrogens with one attached hydrogen (secondary N) is 2. The number of carbonyl (C=O) groups is 1. The highest BCUT2D eigenvalue weighted by Gasteiger charge is 2.16. The summed E-state index contributed by atoms with van der Waals surface area (Å²) < 4.78 is 2.03. The first-order valence-electron chi connectivity index (χ1n) is 10.0. The van der Waals surface area contributed by atoms with Crippen LogP contribution in [0.15, 0.2) is 30.6 Å². The third-order valence-corrected chi connectivity index (χ3v) is 5.64. The van der Waals surface area contributed by atoms with E-state index < -0.39 is 0 Å². The molecule has 0 saturated heterocycles. The molecule has 3 aromatic rings. The standard InChI is InChI=1S/C22H28N4O/c1-15-6-5-8-19-18(13-23-22(15)19)12-16(2)25-21(27)10-11-26-20-9-4-3-7-17(20)14-24-26/h5-6,8,13-14,16,23H,3-4,7,9-12H2,1-2H3,(H,25,27)/t16-/m0/s1. The first-order chi connectivity index (χ1) is 13.1. The molecule has 0 spiro atoms. The fraction of sp³-hybridized carbons (Fsp3) is 0.455. The number of rotatable bonds is 6. The highest BCUT2D eigenvalue weighted by atomic mass is 16.1. The Morgan fingerprint density at radius 1 is 1.33 bits per heavy atom. The van der Waals surface area contributed by atoms with Gasteiger partial charge in [0.1, 0.15) is 0 Å². The topological polar surface area (TPSA) is 62.7 Å². The van der Waals surface area contributed by atoms with Gasteiger partial charge in [-0.1, -0.05) is 18.2 Å². The zero-order valence-corrected chi connectivity index (χ0v) is 16.2. The molecule has 0 radical (unpaired) electrons. The predicted octanol–water partition coefficient (Wildman–Crippen LogP) is 3.69. The number of H-pyrrole nitrogens is 1. The number of aryl methyl sites for hydroxylation is 3. The first-order valence-corrected chi connectivity index (χ1v) is 10.0. The number of fused-ring (bicyclic) bond motifs is 2. The SMILES string of the molecule is Cc1cccc2c(C[C@H](C)NC(=O)CCn3ncc4c3CCCC4)c[nH]c12. The van der Waals surface area contributed by atoms with Crippen molar-refractivity contribution in [1.29, 1.82) is 0 Å². The van der Waals surface area contributed by atoms with Crippen LogP contribution in [0.3, 0.4) is 0 Å². The zero-order chi connectivity index (χ0) is 18.8. The van der Waals surface area contributed by atoms with Gasteiger partial charge >= 0.3 is 0 Å². The van der Waals surface area contributed by atoms with E-state index in [2.05, 4.69) is 53.6 Å².